The first-order valence-electron chi connectivity index (χ1n) is 13.8. The van der Waals surface area contributed by atoms with Gasteiger partial charge in [-0.3, -0.25) is 4.79 Å². The Morgan fingerprint density at radius 2 is 1.52 bits per heavy atom. The van der Waals surface area contributed by atoms with Gasteiger partial charge in [0, 0.05) is 42.2 Å². The van der Waals surface area contributed by atoms with Crippen molar-refractivity contribution in [2.45, 2.75) is 69.8 Å². The van der Waals surface area contributed by atoms with Crippen LogP contribution in [-0.4, -0.2) is 61.3 Å². The number of nitrogen functional groups attached to an aromatic ring is 1. The number of hydrogen-bond acceptors (Lipinski definition) is 7. The van der Waals surface area contributed by atoms with Gasteiger partial charge in [-0.2, -0.15) is 13.2 Å². The number of likely N-dealkylation sites (tertiary alicyclic amines) is 1. The van der Waals surface area contributed by atoms with Gasteiger partial charge in [0.15, 0.2) is 0 Å². The number of nitrogens with one attached hydrogen (secondary N) is 2. The number of halogens is 3. The normalized spacial score (nSPS) is 20.1. The fraction of sp³-hybridized carbons (Fsp3) is 0.517. The van der Waals surface area contributed by atoms with E-state index in [2.05, 4.69) is 10.6 Å². The monoisotopic (exact) mass is 562 g/mol. The number of piperidine rings is 1. The fourth-order valence-corrected chi connectivity index (χ4v) is 5.21. The molecule has 2 aliphatic rings. The number of benzene rings is 2. The molecule has 4 N–H and O–H groups in total. The lowest BCUT2D eigenvalue weighted by atomic mass is 9.92. The molecule has 1 saturated heterocycles. The maximum Gasteiger partial charge on any atom is 0.418 e. The third kappa shape index (κ3) is 8.03. The predicted molar refractivity (Wildman–Crippen MR) is 147 cm³/mol. The molecule has 0 radical (unpaired) electrons. The molecule has 0 bridgehead atoms. The molecule has 0 unspecified atom stereocenters. The summed E-state index contributed by atoms with van der Waals surface area (Å²) in [5.74, 6) is -0.368. The van der Waals surface area contributed by atoms with E-state index in [-0.39, 0.29) is 42.4 Å². The van der Waals surface area contributed by atoms with Gasteiger partial charge >= 0.3 is 12.1 Å². The molecular formula is C29H37F3N4O4. The van der Waals surface area contributed by atoms with Crippen LogP contribution >= 0.6 is 0 Å². The number of alkyl halides is 3. The minimum atomic E-state index is -4.50. The molecular weight excluding hydrogens is 525 g/mol. The SMILES string of the molecule is CCOC(=O)c1ccc(NC2CCN(C(=O)COC3CCC(Nc4ccc(N)c(C(F)(F)F)c4)CC3)CC2)cc1. The molecule has 4 rings (SSSR count). The van der Waals surface area contributed by atoms with E-state index < -0.39 is 11.7 Å². The van der Waals surface area contributed by atoms with E-state index in [1.807, 2.05) is 17.0 Å². The van der Waals surface area contributed by atoms with Gasteiger partial charge in [-0.25, -0.2) is 4.79 Å². The Morgan fingerprint density at radius 1 is 0.925 bits per heavy atom. The average Bonchev–Trinajstić information content (AvgIpc) is 2.94. The van der Waals surface area contributed by atoms with Crippen LogP contribution < -0.4 is 16.4 Å². The first-order chi connectivity index (χ1) is 19.1. The minimum Gasteiger partial charge on any atom is -0.462 e. The molecule has 0 atom stereocenters. The average molecular weight is 563 g/mol. The Bertz CT molecular complexity index is 1140. The van der Waals surface area contributed by atoms with Crippen molar-refractivity contribution in [2.24, 2.45) is 0 Å². The van der Waals surface area contributed by atoms with Crippen LogP contribution in [0.25, 0.3) is 0 Å². The number of hydrogen-bond donors (Lipinski definition) is 3. The summed E-state index contributed by atoms with van der Waals surface area (Å²) in [7, 11) is 0. The summed E-state index contributed by atoms with van der Waals surface area (Å²) < 4.78 is 50.3. The molecule has 40 heavy (non-hydrogen) atoms. The molecule has 1 amide bonds. The van der Waals surface area contributed by atoms with Crippen LogP contribution in [0.4, 0.5) is 30.2 Å². The summed E-state index contributed by atoms with van der Waals surface area (Å²) in [4.78, 5) is 26.4. The van der Waals surface area contributed by atoms with Crippen molar-refractivity contribution in [3.63, 3.8) is 0 Å². The number of carbonyl (C=O) groups is 2. The van der Waals surface area contributed by atoms with Crippen molar-refractivity contribution < 1.29 is 32.2 Å². The maximum atomic E-state index is 13.1. The van der Waals surface area contributed by atoms with Crippen LogP contribution in [0.3, 0.4) is 0 Å². The number of nitrogens with zero attached hydrogens (tertiary/aromatic N) is 1. The lowest BCUT2D eigenvalue weighted by Crippen LogP contribution is -2.44. The van der Waals surface area contributed by atoms with Crippen molar-refractivity contribution in [3.05, 3.63) is 53.6 Å². The molecule has 11 heteroatoms. The molecule has 1 heterocycles. The maximum absolute atomic E-state index is 13.1. The van der Waals surface area contributed by atoms with E-state index in [0.717, 1.165) is 50.3 Å². The van der Waals surface area contributed by atoms with Crippen molar-refractivity contribution in [1.29, 1.82) is 0 Å². The topological polar surface area (TPSA) is 106 Å². The smallest absolute Gasteiger partial charge is 0.418 e. The van der Waals surface area contributed by atoms with Gasteiger partial charge < -0.3 is 30.7 Å². The van der Waals surface area contributed by atoms with Crippen LogP contribution in [-0.2, 0) is 20.4 Å². The molecule has 1 aliphatic heterocycles. The second kappa shape index (κ2) is 13.3. The summed E-state index contributed by atoms with van der Waals surface area (Å²) in [6.45, 7) is 3.41. The Hall–Kier alpha value is -3.47. The lowest BCUT2D eigenvalue weighted by Gasteiger charge is -2.34. The molecule has 0 spiro atoms. The number of amides is 1. The third-order valence-corrected chi connectivity index (χ3v) is 7.46. The van der Waals surface area contributed by atoms with Crippen molar-refractivity contribution >= 4 is 28.9 Å². The van der Waals surface area contributed by atoms with E-state index in [0.29, 0.717) is 30.9 Å². The zero-order chi connectivity index (χ0) is 28.7. The summed E-state index contributed by atoms with van der Waals surface area (Å²) in [5, 5.41) is 6.65. The van der Waals surface area contributed by atoms with Crippen LogP contribution in [0.1, 0.15) is 61.4 Å². The van der Waals surface area contributed by atoms with Crippen molar-refractivity contribution in [1.82, 2.24) is 4.90 Å². The summed E-state index contributed by atoms with van der Waals surface area (Å²) in [6.07, 6.45) is 0.0121. The summed E-state index contributed by atoms with van der Waals surface area (Å²) in [5.41, 5.74) is 6.19. The van der Waals surface area contributed by atoms with Crippen LogP contribution in [0.2, 0.25) is 0 Å². The van der Waals surface area contributed by atoms with Crippen LogP contribution in [0, 0.1) is 0 Å². The molecule has 1 saturated carbocycles. The molecule has 218 valence electrons. The van der Waals surface area contributed by atoms with Crippen molar-refractivity contribution in [3.8, 4) is 0 Å². The van der Waals surface area contributed by atoms with Gasteiger partial charge in [0.25, 0.3) is 0 Å². The second-order valence-electron chi connectivity index (χ2n) is 10.3. The van der Waals surface area contributed by atoms with E-state index >= 15 is 0 Å². The highest BCUT2D eigenvalue weighted by Crippen LogP contribution is 2.36. The zero-order valence-electron chi connectivity index (χ0n) is 22.6. The van der Waals surface area contributed by atoms with Gasteiger partial charge in [-0.05, 0) is 87.9 Å². The van der Waals surface area contributed by atoms with Gasteiger partial charge in [0.05, 0.1) is 23.8 Å². The Kier molecular flexibility index (Phi) is 9.78. The van der Waals surface area contributed by atoms with Gasteiger partial charge in [0.2, 0.25) is 5.91 Å². The minimum absolute atomic E-state index is 0.0287. The molecule has 8 nitrogen and oxygen atoms in total. The van der Waals surface area contributed by atoms with Gasteiger partial charge in [-0.15, -0.1) is 0 Å². The second-order valence-corrected chi connectivity index (χ2v) is 10.3. The largest absolute Gasteiger partial charge is 0.462 e. The number of nitrogens with two attached hydrogens (primary N) is 1. The van der Waals surface area contributed by atoms with E-state index in [9.17, 15) is 22.8 Å². The van der Waals surface area contributed by atoms with E-state index in [1.54, 1.807) is 25.1 Å². The molecule has 2 aromatic carbocycles. The molecule has 2 fully saturated rings. The fourth-order valence-electron chi connectivity index (χ4n) is 5.21. The van der Waals surface area contributed by atoms with Gasteiger partial charge in [-0.1, -0.05) is 0 Å². The number of anilines is 3. The Morgan fingerprint density at radius 3 is 2.15 bits per heavy atom. The van der Waals surface area contributed by atoms with Crippen molar-refractivity contribution in [2.75, 3.05) is 42.7 Å². The summed E-state index contributed by atoms with van der Waals surface area (Å²) >= 11 is 0. The third-order valence-electron chi connectivity index (χ3n) is 7.46. The Labute approximate surface area is 232 Å². The molecule has 2 aromatic rings. The molecule has 1 aliphatic carbocycles. The highest BCUT2D eigenvalue weighted by Gasteiger charge is 2.33. The highest BCUT2D eigenvalue weighted by molar-refractivity contribution is 5.89. The van der Waals surface area contributed by atoms with Gasteiger partial charge in [0.1, 0.15) is 6.61 Å². The van der Waals surface area contributed by atoms with Crippen LogP contribution in [0.15, 0.2) is 42.5 Å². The highest BCUT2D eigenvalue weighted by atomic mass is 19.4. The standard InChI is InChI=1S/C29H37F3N4O4/c1-2-39-28(38)19-3-5-20(6-4-19)34-22-13-15-36(16-14-22)27(37)18-40-24-10-7-21(8-11-24)35-23-9-12-26(33)25(17-23)29(30,31)32/h3-6,9,12,17,21-22,24,34-35H,2,7-8,10-11,13-16,18,33H2,1H3. The number of carbonyl (C=O) groups excluding carboxylic acids is 2. The lowest BCUT2D eigenvalue weighted by molar-refractivity contribution is -0.140. The summed E-state index contributed by atoms with van der Waals surface area (Å²) in [6, 6.07) is 11.3. The van der Waals surface area contributed by atoms with Crippen LogP contribution in [0.5, 0.6) is 0 Å². The Balaban J connectivity index is 1.14. The predicted octanol–water partition coefficient (Wildman–Crippen LogP) is 5.31. The number of ether oxygens (including phenoxy) is 2. The molecule has 0 aromatic heterocycles. The first kappa shape index (κ1) is 29.5. The van der Waals surface area contributed by atoms with E-state index in [4.69, 9.17) is 15.2 Å². The zero-order valence-corrected chi connectivity index (χ0v) is 22.6. The van der Waals surface area contributed by atoms with E-state index in [1.165, 1.54) is 6.07 Å². The number of esters is 1. The first-order valence-corrected chi connectivity index (χ1v) is 13.8. The number of rotatable bonds is 9. The quantitative estimate of drug-likeness (QED) is 0.281.